The van der Waals surface area contributed by atoms with E-state index >= 15 is 0 Å². The third-order valence-corrected chi connectivity index (χ3v) is 5.78. The van der Waals surface area contributed by atoms with Crippen LogP contribution in [0.2, 0.25) is 0 Å². The van der Waals surface area contributed by atoms with Crippen LogP contribution in [0.5, 0.6) is 0 Å². The summed E-state index contributed by atoms with van der Waals surface area (Å²) >= 11 is 0. The number of nitrogens with zero attached hydrogens (tertiary/aromatic N) is 2. The average Bonchev–Trinajstić information content (AvgIpc) is 2.79. The summed E-state index contributed by atoms with van der Waals surface area (Å²) in [6.07, 6.45) is 1.08. The number of carbonyl (C=O) groups excluding carboxylic acids is 2. The molecular formula is C23H23FN4O4. The minimum atomic E-state index is -0.548. The van der Waals surface area contributed by atoms with Crippen LogP contribution in [0.3, 0.4) is 0 Å². The van der Waals surface area contributed by atoms with Gasteiger partial charge in [-0.3, -0.25) is 19.0 Å². The number of likely N-dealkylation sites (tertiary alicyclic amines) is 1. The summed E-state index contributed by atoms with van der Waals surface area (Å²) in [5.74, 6) is -1.23. The Morgan fingerprint density at radius 3 is 2.53 bits per heavy atom. The molecule has 2 heterocycles. The number of carbonyl (C=O) groups is 2. The number of halogens is 1. The van der Waals surface area contributed by atoms with Crippen molar-refractivity contribution in [3.05, 3.63) is 80.2 Å². The minimum absolute atomic E-state index is 0.0438. The van der Waals surface area contributed by atoms with Gasteiger partial charge in [0, 0.05) is 31.2 Å². The molecule has 1 fully saturated rings. The van der Waals surface area contributed by atoms with Crippen LogP contribution in [0.4, 0.5) is 4.39 Å². The van der Waals surface area contributed by atoms with Gasteiger partial charge < -0.3 is 15.2 Å². The number of fused-ring (bicyclic) bond motifs is 1. The molecule has 0 unspecified atom stereocenters. The lowest BCUT2D eigenvalue weighted by atomic mass is 10.0. The molecular weight excluding hydrogens is 415 g/mol. The van der Waals surface area contributed by atoms with Gasteiger partial charge in [0.15, 0.2) is 0 Å². The third kappa shape index (κ3) is 4.05. The predicted octanol–water partition coefficient (Wildman–Crippen LogP) is 1.88. The normalized spacial score (nSPS) is 14.5. The molecule has 166 valence electrons. The maximum Gasteiger partial charge on any atom is 0.328 e. The number of rotatable bonds is 4. The van der Waals surface area contributed by atoms with Crippen LogP contribution < -0.4 is 16.6 Å². The lowest BCUT2D eigenvalue weighted by molar-refractivity contribution is 0.0693. The lowest BCUT2D eigenvalue weighted by Crippen LogP contribution is -2.46. The van der Waals surface area contributed by atoms with E-state index in [1.807, 2.05) is 0 Å². The molecule has 0 atom stereocenters. The number of piperidine rings is 1. The summed E-state index contributed by atoms with van der Waals surface area (Å²) in [4.78, 5) is 53.9. The van der Waals surface area contributed by atoms with Gasteiger partial charge in [0.2, 0.25) is 0 Å². The van der Waals surface area contributed by atoms with Crippen molar-refractivity contribution in [2.75, 3.05) is 13.1 Å². The molecule has 0 spiro atoms. The number of amides is 2. The number of hydrogen-bond donors (Lipinski definition) is 2. The van der Waals surface area contributed by atoms with Gasteiger partial charge in [0.25, 0.3) is 17.4 Å². The SMILES string of the molecule is CCn1c(=O)[nH]c2cc(C(=O)NC3CCN(C(=O)c4ccccc4F)CC3)ccc2c1=O. The number of aromatic nitrogens is 2. The van der Waals surface area contributed by atoms with Crippen LogP contribution in [0.25, 0.3) is 10.9 Å². The molecule has 3 aromatic rings. The van der Waals surface area contributed by atoms with E-state index in [9.17, 15) is 23.6 Å². The van der Waals surface area contributed by atoms with E-state index in [1.165, 1.54) is 30.3 Å². The monoisotopic (exact) mass is 438 g/mol. The largest absolute Gasteiger partial charge is 0.349 e. The average molecular weight is 438 g/mol. The van der Waals surface area contributed by atoms with E-state index in [0.717, 1.165) is 4.57 Å². The summed E-state index contributed by atoms with van der Waals surface area (Å²) in [5.41, 5.74) is -0.240. The second-order valence-electron chi connectivity index (χ2n) is 7.76. The molecule has 32 heavy (non-hydrogen) atoms. The number of aromatic amines is 1. The summed E-state index contributed by atoms with van der Waals surface area (Å²) in [6.45, 7) is 2.77. The fourth-order valence-electron chi connectivity index (χ4n) is 3.98. The Bertz CT molecular complexity index is 1310. The van der Waals surface area contributed by atoms with Crippen molar-refractivity contribution in [2.45, 2.75) is 32.4 Å². The van der Waals surface area contributed by atoms with Gasteiger partial charge in [-0.1, -0.05) is 12.1 Å². The highest BCUT2D eigenvalue weighted by Gasteiger charge is 2.26. The van der Waals surface area contributed by atoms with E-state index in [4.69, 9.17) is 0 Å². The maximum atomic E-state index is 13.9. The zero-order chi connectivity index (χ0) is 22.8. The van der Waals surface area contributed by atoms with E-state index in [0.29, 0.717) is 42.4 Å². The molecule has 1 aliphatic heterocycles. The molecule has 9 heteroatoms. The molecule has 2 N–H and O–H groups in total. The first-order valence-electron chi connectivity index (χ1n) is 10.5. The highest BCUT2D eigenvalue weighted by molar-refractivity contribution is 5.98. The van der Waals surface area contributed by atoms with Crippen molar-refractivity contribution in [3.8, 4) is 0 Å². The van der Waals surface area contributed by atoms with E-state index < -0.39 is 17.1 Å². The first-order valence-corrected chi connectivity index (χ1v) is 10.5. The van der Waals surface area contributed by atoms with E-state index in [2.05, 4.69) is 10.3 Å². The molecule has 2 amide bonds. The number of hydrogen-bond acceptors (Lipinski definition) is 4. The van der Waals surface area contributed by atoms with Crippen LogP contribution in [-0.2, 0) is 6.54 Å². The molecule has 0 saturated carbocycles. The van der Waals surface area contributed by atoms with Crippen LogP contribution in [0.1, 0.15) is 40.5 Å². The first-order chi connectivity index (χ1) is 15.4. The van der Waals surface area contributed by atoms with E-state index in [1.54, 1.807) is 24.0 Å². The van der Waals surface area contributed by atoms with E-state index in [-0.39, 0.29) is 30.0 Å². The zero-order valence-corrected chi connectivity index (χ0v) is 17.6. The Kier molecular flexibility index (Phi) is 5.89. The van der Waals surface area contributed by atoms with Gasteiger partial charge >= 0.3 is 5.69 Å². The Hall–Kier alpha value is -3.75. The van der Waals surface area contributed by atoms with Gasteiger partial charge in [-0.15, -0.1) is 0 Å². The zero-order valence-electron chi connectivity index (χ0n) is 17.6. The first kappa shape index (κ1) is 21.5. The lowest BCUT2D eigenvalue weighted by Gasteiger charge is -2.32. The Labute approximate surface area is 182 Å². The van der Waals surface area contributed by atoms with Crippen molar-refractivity contribution in [2.24, 2.45) is 0 Å². The number of nitrogens with one attached hydrogen (secondary N) is 2. The summed E-state index contributed by atoms with van der Waals surface area (Å²) < 4.78 is 15.0. The molecule has 4 rings (SSSR count). The Morgan fingerprint density at radius 1 is 1.12 bits per heavy atom. The standard InChI is InChI=1S/C23H23FN4O4/c1-2-28-22(31)17-8-7-14(13-19(17)26-23(28)32)20(29)25-15-9-11-27(12-10-15)21(30)16-5-3-4-6-18(16)24/h3-8,13,15H,2,9-12H2,1H3,(H,25,29)(H,26,32). The molecule has 0 bridgehead atoms. The summed E-state index contributed by atoms with van der Waals surface area (Å²) in [5, 5.41) is 3.27. The molecule has 0 radical (unpaired) electrons. The fraction of sp³-hybridized carbons (Fsp3) is 0.304. The van der Waals surface area contributed by atoms with Gasteiger partial charge in [0.05, 0.1) is 16.5 Å². The quantitative estimate of drug-likeness (QED) is 0.649. The predicted molar refractivity (Wildman–Crippen MR) is 117 cm³/mol. The second kappa shape index (κ2) is 8.78. The molecule has 1 aromatic heterocycles. The van der Waals surface area contributed by atoms with Gasteiger partial charge in [0.1, 0.15) is 5.82 Å². The van der Waals surface area contributed by atoms with Crippen molar-refractivity contribution < 1.29 is 14.0 Å². The Balaban J connectivity index is 1.42. The third-order valence-electron chi connectivity index (χ3n) is 5.78. The van der Waals surface area contributed by atoms with Crippen molar-refractivity contribution >= 4 is 22.7 Å². The number of H-pyrrole nitrogens is 1. The van der Waals surface area contributed by atoms with Crippen LogP contribution in [0.15, 0.2) is 52.1 Å². The summed E-state index contributed by atoms with van der Waals surface area (Å²) in [7, 11) is 0. The molecule has 1 saturated heterocycles. The topological polar surface area (TPSA) is 104 Å². The van der Waals surface area contributed by atoms with Gasteiger partial charge in [-0.2, -0.15) is 0 Å². The smallest absolute Gasteiger partial charge is 0.328 e. The number of benzene rings is 2. The molecule has 8 nitrogen and oxygen atoms in total. The minimum Gasteiger partial charge on any atom is -0.349 e. The van der Waals surface area contributed by atoms with Crippen molar-refractivity contribution in [1.29, 1.82) is 0 Å². The highest BCUT2D eigenvalue weighted by Crippen LogP contribution is 2.17. The fourth-order valence-corrected chi connectivity index (χ4v) is 3.98. The van der Waals surface area contributed by atoms with Crippen molar-refractivity contribution in [1.82, 2.24) is 19.8 Å². The van der Waals surface area contributed by atoms with Crippen LogP contribution in [-0.4, -0.2) is 45.4 Å². The van der Waals surface area contributed by atoms with Crippen LogP contribution in [0, 0.1) is 5.82 Å². The van der Waals surface area contributed by atoms with Gasteiger partial charge in [-0.25, -0.2) is 9.18 Å². The second-order valence-corrected chi connectivity index (χ2v) is 7.76. The summed E-state index contributed by atoms with van der Waals surface area (Å²) in [6, 6.07) is 10.3. The van der Waals surface area contributed by atoms with Crippen LogP contribution >= 0.6 is 0 Å². The molecule has 0 aliphatic carbocycles. The Morgan fingerprint density at radius 2 is 1.84 bits per heavy atom. The maximum absolute atomic E-state index is 13.9. The molecule has 2 aromatic carbocycles. The van der Waals surface area contributed by atoms with Gasteiger partial charge in [-0.05, 0) is 50.1 Å². The molecule has 1 aliphatic rings. The highest BCUT2D eigenvalue weighted by atomic mass is 19.1. The van der Waals surface area contributed by atoms with Crippen molar-refractivity contribution in [3.63, 3.8) is 0 Å².